The van der Waals surface area contributed by atoms with Gasteiger partial charge in [-0.25, -0.2) is 4.68 Å². The highest BCUT2D eigenvalue weighted by molar-refractivity contribution is 6.30. The van der Waals surface area contributed by atoms with Crippen LogP contribution in [-0.4, -0.2) is 20.9 Å². The van der Waals surface area contributed by atoms with E-state index in [2.05, 4.69) is 5.10 Å². The van der Waals surface area contributed by atoms with Crippen LogP contribution in [0.15, 0.2) is 24.3 Å². The van der Waals surface area contributed by atoms with Gasteiger partial charge in [-0.1, -0.05) is 11.6 Å². The molecule has 2 aromatic rings. The molecule has 0 amide bonds. The van der Waals surface area contributed by atoms with E-state index in [1.54, 1.807) is 16.8 Å². The molecule has 94 valence electrons. The first-order valence-electron chi connectivity index (χ1n) is 5.51. The molecule has 4 nitrogen and oxygen atoms in total. The predicted molar refractivity (Wildman–Crippen MR) is 69.4 cm³/mol. The van der Waals surface area contributed by atoms with Gasteiger partial charge in [0.05, 0.1) is 17.8 Å². The molecule has 0 spiro atoms. The van der Waals surface area contributed by atoms with E-state index in [9.17, 15) is 4.79 Å². The summed E-state index contributed by atoms with van der Waals surface area (Å²) in [4.78, 5) is 10.7. The summed E-state index contributed by atoms with van der Waals surface area (Å²) < 4.78 is 1.74. The molecule has 1 aromatic heterocycles. The number of carboxylic acid groups (broad SMARTS) is 1. The zero-order valence-corrected chi connectivity index (χ0v) is 10.9. The van der Waals surface area contributed by atoms with Gasteiger partial charge in [0, 0.05) is 10.7 Å². The number of hydrogen-bond donors (Lipinski definition) is 1. The van der Waals surface area contributed by atoms with Gasteiger partial charge in [0.1, 0.15) is 0 Å². The Bertz CT molecular complexity index is 605. The first-order chi connectivity index (χ1) is 8.47. The highest BCUT2D eigenvalue weighted by Crippen LogP contribution is 2.20. The smallest absolute Gasteiger partial charge is 0.309 e. The minimum Gasteiger partial charge on any atom is -0.481 e. The van der Waals surface area contributed by atoms with E-state index in [4.69, 9.17) is 16.7 Å². The molecule has 0 fully saturated rings. The summed E-state index contributed by atoms with van der Waals surface area (Å²) >= 11 is 5.91. The molecule has 5 heteroatoms. The van der Waals surface area contributed by atoms with Crippen LogP contribution in [0.5, 0.6) is 0 Å². The quantitative estimate of drug-likeness (QED) is 0.927. The Morgan fingerprint density at radius 3 is 2.72 bits per heavy atom. The molecule has 2 rings (SSSR count). The monoisotopic (exact) mass is 264 g/mol. The van der Waals surface area contributed by atoms with Gasteiger partial charge in [0.2, 0.25) is 0 Å². The highest BCUT2D eigenvalue weighted by atomic mass is 35.5. The van der Waals surface area contributed by atoms with Crippen molar-refractivity contribution >= 4 is 17.6 Å². The Morgan fingerprint density at radius 2 is 2.11 bits per heavy atom. The van der Waals surface area contributed by atoms with Gasteiger partial charge in [-0.3, -0.25) is 4.79 Å². The van der Waals surface area contributed by atoms with E-state index >= 15 is 0 Å². The Morgan fingerprint density at radius 1 is 1.39 bits per heavy atom. The molecule has 0 unspecified atom stereocenters. The van der Waals surface area contributed by atoms with Gasteiger partial charge in [-0.2, -0.15) is 5.10 Å². The van der Waals surface area contributed by atoms with Gasteiger partial charge >= 0.3 is 5.97 Å². The lowest BCUT2D eigenvalue weighted by atomic mass is 10.2. The van der Waals surface area contributed by atoms with Crippen molar-refractivity contribution < 1.29 is 9.90 Å². The van der Waals surface area contributed by atoms with Crippen molar-refractivity contribution in [3.05, 3.63) is 46.2 Å². The van der Waals surface area contributed by atoms with Crippen LogP contribution in [-0.2, 0) is 11.2 Å². The number of aryl methyl sites for hydroxylation is 2. The van der Waals surface area contributed by atoms with E-state index in [1.165, 1.54) is 0 Å². The number of aliphatic carboxylic acids is 1. The molecule has 0 radical (unpaired) electrons. The van der Waals surface area contributed by atoms with Crippen LogP contribution < -0.4 is 0 Å². The lowest BCUT2D eigenvalue weighted by molar-refractivity contribution is -0.136. The third kappa shape index (κ3) is 2.54. The van der Waals surface area contributed by atoms with Crippen LogP contribution in [0.25, 0.3) is 5.69 Å². The summed E-state index contributed by atoms with van der Waals surface area (Å²) in [6.07, 6.45) is -0.0690. The summed E-state index contributed by atoms with van der Waals surface area (Å²) in [5.74, 6) is -0.882. The summed E-state index contributed by atoms with van der Waals surface area (Å²) in [6, 6.07) is 7.31. The zero-order valence-electron chi connectivity index (χ0n) is 10.1. The minimum absolute atomic E-state index is 0.0690. The third-order valence-electron chi connectivity index (χ3n) is 2.66. The van der Waals surface area contributed by atoms with Crippen LogP contribution in [0.3, 0.4) is 0 Å². The molecule has 0 bridgehead atoms. The molecule has 0 saturated heterocycles. The first kappa shape index (κ1) is 12.6. The standard InChI is InChI=1S/C13H13ClN2O2/c1-8-5-10(14)3-4-12(8)16-9(2)6-11(15-16)7-13(17)18/h3-6H,7H2,1-2H3,(H,17,18). The molecule has 0 atom stereocenters. The van der Waals surface area contributed by atoms with Crippen molar-refractivity contribution in [1.29, 1.82) is 0 Å². The normalized spacial score (nSPS) is 10.6. The zero-order chi connectivity index (χ0) is 13.3. The maximum Gasteiger partial charge on any atom is 0.309 e. The minimum atomic E-state index is -0.882. The number of carboxylic acids is 1. The molecule has 18 heavy (non-hydrogen) atoms. The average molecular weight is 265 g/mol. The summed E-state index contributed by atoms with van der Waals surface area (Å²) in [6.45, 7) is 3.84. The summed E-state index contributed by atoms with van der Waals surface area (Å²) in [7, 11) is 0. The Labute approximate surface area is 110 Å². The number of carbonyl (C=O) groups is 1. The number of aromatic nitrogens is 2. The van der Waals surface area contributed by atoms with Gasteiger partial charge in [0.25, 0.3) is 0 Å². The van der Waals surface area contributed by atoms with E-state index < -0.39 is 5.97 Å². The van der Waals surface area contributed by atoms with E-state index in [0.717, 1.165) is 16.9 Å². The second-order valence-corrected chi connectivity index (χ2v) is 4.63. The lowest BCUT2D eigenvalue weighted by Crippen LogP contribution is -2.04. The molecule has 0 saturated carbocycles. The summed E-state index contributed by atoms with van der Waals surface area (Å²) in [5, 5.41) is 13.7. The molecular formula is C13H13ClN2O2. The molecule has 1 N–H and O–H groups in total. The van der Waals surface area contributed by atoms with E-state index in [-0.39, 0.29) is 6.42 Å². The SMILES string of the molecule is Cc1cc(Cl)ccc1-n1nc(CC(=O)O)cc1C. The van der Waals surface area contributed by atoms with Crippen molar-refractivity contribution in [2.45, 2.75) is 20.3 Å². The summed E-state index contributed by atoms with van der Waals surface area (Å²) in [5.41, 5.74) is 3.36. The maximum absolute atomic E-state index is 10.7. The van der Waals surface area contributed by atoms with Crippen LogP contribution >= 0.6 is 11.6 Å². The van der Waals surface area contributed by atoms with Crippen LogP contribution in [0.4, 0.5) is 0 Å². The highest BCUT2D eigenvalue weighted by Gasteiger charge is 2.10. The van der Waals surface area contributed by atoms with Crippen LogP contribution in [0.2, 0.25) is 5.02 Å². The van der Waals surface area contributed by atoms with Crippen LogP contribution in [0.1, 0.15) is 17.0 Å². The van der Waals surface area contributed by atoms with Gasteiger partial charge in [0.15, 0.2) is 0 Å². The Kier molecular flexibility index (Phi) is 3.39. The Hall–Kier alpha value is -1.81. The number of benzene rings is 1. The number of halogens is 1. The van der Waals surface area contributed by atoms with E-state index in [1.807, 2.05) is 26.0 Å². The predicted octanol–water partition coefficient (Wildman–Crippen LogP) is 2.77. The number of hydrogen-bond acceptors (Lipinski definition) is 2. The van der Waals surface area contributed by atoms with Crippen LogP contribution in [0, 0.1) is 13.8 Å². The number of rotatable bonds is 3. The molecule has 0 aliphatic rings. The van der Waals surface area contributed by atoms with Gasteiger partial charge < -0.3 is 5.11 Å². The van der Waals surface area contributed by atoms with Crippen molar-refractivity contribution in [3.8, 4) is 5.69 Å². The fourth-order valence-corrected chi connectivity index (χ4v) is 2.11. The topological polar surface area (TPSA) is 55.1 Å². The fourth-order valence-electron chi connectivity index (χ4n) is 1.88. The second kappa shape index (κ2) is 4.82. The van der Waals surface area contributed by atoms with E-state index in [0.29, 0.717) is 10.7 Å². The second-order valence-electron chi connectivity index (χ2n) is 4.19. The van der Waals surface area contributed by atoms with Gasteiger partial charge in [-0.05, 0) is 43.7 Å². The molecule has 1 aromatic carbocycles. The molecule has 0 aliphatic heterocycles. The molecule has 1 heterocycles. The van der Waals surface area contributed by atoms with Crippen molar-refractivity contribution in [2.75, 3.05) is 0 Å². The van der Waals surface area contributed by atoms with Gasteiger partial charge in [-0.15, -0.1) is 0 Å². The molecular weight excluding hydrogens is 252 g/mol. The Balaban J connectivity index is 2.44. The first-order valence-corrected chi connectivity index (χ1v) is 5.89. The maximum atomic E-state index is 10.7. The third-order valence-corrected chi connectivity index (χ3v) is 2.89. The number of nitrogens with zero attached hydrogens (tertiary/aromatic N) is 2. The van der Waals surface area contributed by atoms with Crippen molar-refractivity contribution in [3.63, 3.8) is 0 Å². The van der Waals surface area contributed by atoms with Crippen molar-refractivity contribution in [1.82, 2.24) is 9.78 Å². The largest absolute Gasteiger partial charge is 0.481 e. The lowest BCUT2D eigenvalue weighted by Gasteiger charge is -2.08. The van der Waals surface area contributed by atoms with Crippen molar-refractivity contribution in [2.24, 2.45) is 0 Å². The fraction of sp³-hybridized carbons (Fsp3) is 0.231. The average Bonchev–Trinajstić information content (AvgIpc) is 2.58. The molecule has 0 aliphatic carbocycles.